The van der Waals surface area contributed by atoms with Gasteiger partial charge in [0.05, 0.1) is 12.1 Å². The number of carbonyl (C=O) groups excluding carboxylic acids is 1. The molecule has 2 N–H and O–H groups in total. The Morgan fingerprint density at radius 3 is 2.61 bits per heavy atom. The zero-order valence-corrected chi connectivity index (χ0v) is 11.6. The molecule has 0 aliphatic heterocycles. The summed E-state index contributed by atoms with van der Waals surface area (Å²) >= 11 is 1.54. The number of nitrogens with zero attached hydrogens (tertiary/aromatic N) is 1. The summed E-state index contributed by atoms with van der Waals surface area (Å²) in [5, 5.41) is 0.785. The summed E-state index contributed by atoms with van der Waals surface area (Å²) in [5.41, 5.74) is 9.77. The number of benzene rings is 1. The van der Waals surface area contributed by atoms with Crippen molar-refractivity contribution in [2.45, 2.75) is 27.2 Å². The Morgan fingerprint density at radius 1 is 1.28 bits per heavy atom. The lowest BCUT2D eigenvalue weighted by atomic mass is 10.0. The number of carbonyl (C=O) groups is 1. The molecular formula is C14H16N2OS. The fraction of sp³-hybridized carbons (Fsp3) is 0.286. The molecule has 1 aromatic carbocycles. The number of nitrogens with two attached hydrogens (primary N) is 1. The van der Waals surface area contributed by atoms with Crippen LogP contribution in [0.1, 0.15) is 21.0 Å². The molecule has 0 saturated carbocycles. The first-order valence-electron chi connectivity index (χ1n) is 5.79. The highest BCUT2D eigenvalue weighted by atomic mass is 32.1. The van der Waals surface area contributed by atoms with Gasteiger partial charge in [-0.2, -0.15) is 0 Å². The molecule has 1 heterocycles. The monoisotopic (exact) mass is 260 g/mol. The number of amides is 1. The molecule has 4 heteroatoms. The van der Waals surface area contributed by atoms with Crippen molar-refractivity contribution < 1.29 is 4.79 Å². The summed E-state index contributed by atoms with van der Waals surface area (Å²) < 4.78 is 0. The van der Waals surface area contributed by atoms with Gasteiger partial charge in [0.15, 0.2) is 0 Å². The molecule has 0 spiro atoms. The summed E-state index contributed by atoms with van der Waals surface area (Å²) in [6.45, 7) is 6.20. The molecule has 3 nitrogen and oxygen atoms in total. The minimum atomic E-state index is -0.338. The second-order valence-electron chi connectivity index (χ2n) is 4.45. The topological polar surface area (TPSA) is 56.0 Å². The quantitative estimate of drug-likeness (QED) is 0.922. The van der Waals surface area contributed by atoms with Gasteiger partial charge in [0.1, 0.15) is 5.01 Å². The van der Waals surface area contributed by atoms with E-state index in [0.29, 0.717) is 0 Å². The van der Waals surface area contributed by atoms with Crippen LogP contribution in [0, 0.1) is 20.8 Å². The Morgan fingerprint density at radius 2 is 2.00 bits per heavy atom. The van der Waals surface area contributed by atoms with Crippen molar-refractivity contribution in [2.24, 2.45) is 5.73 Å². The number of primary amides is 1. The largest absolute Gasteiger partial charge is 0.369 e. The zero-order valence-electron chi connectivity index (χ0n) is 10.8. The third-order valence-corrected chi connectivity index (χ3v) is 3.92. The van der Waals surface area contributed by atoms with E-state index in [1.807, 2.05) is 6.92 Å². The van der Waals surface area contributed by atoms with E-state index in [2.05, 4.69) is 37.0 Å². The van der Waals surface area contributed by atoms with Gasteiger partial charge in [0.25, 0.3) is 0 Å². The van der Waals surface area contributed by atoms with Crippen molar-refractivity contribution in [2.75, 3.05) is 0 Å². The van der Waals surface area contributed by atoms with E-state index in [9.17, 15) is 4.79 Å². The zero-order chi connectivity index (χ0) is 13.3. The van der Waals surface area contributed by atoms with Gasteiger partial charge in [-0.05, 0) is 38.0 Å². The third-order valence-electron chi connectivity index (χ3n) is 2.95. The number of thiazole rings is 1. The van der Waals surface area contributed by atoms with E-state index in [4.69, 9.17) is 5.73 Å². The number of hydrogen-bond acceptors (Lipinski definition) is 3. The summed E-state index contributed by atoms with van der Waals surface area (Å²) in [5.74, 6) is -0.338. The standard InChI is InChI=1S/C14H16N2OS/c1-8-4-5-11(6-9(8)2)14-10(3)18-13(16-14)7-12(15)17/h4-6H,7H2,1-3H3,(H2,15,17). The van der Waals surface area contributed by atoms with Crippen LogP contribution in [0.5, 0.6) is 0 Å². The Bertz CT molecular complexity index is 602. The van der Waals surface area contributed by atoms with Crippen LogP contribution in [0.15, 0.2) is 18.2 Å². The summed E-state index contributed by atoms with van der Waals surface area (Å²) in [6.07, 6.45) is 0.219. The maximum Gasteiger partial charge on any atom is 0.224 e. The molecule has 18 heavy (non-hydrogen) atoms. The highest BCUT2D eigenvalue weighted by Gasteiger charge is 2.11. The van der Waals surface area contributed by atoms with E-state index in [1.54, 1.807) is 0 Å². The van der Waals surface area contributed by atoms with Crippen molar-refractivity contribution >= 4 is 17.2 Å². The number of hydrogen-bond donors (Lipinski definition) is 1. The van der Waals surface area contributed by atoms with Gasteiger partial charge < -0.3 is 5.73 Å². The fourth-order valence-corrected chi connectivity index (χ4v) is 2.80. The SMILES string of the molecule is Cc1ccc(-c2nc(CC(N)=O)sc2C)cc1C. The molecule has 0 atom stereocenters. The van der Waals surface area contributed by atoms with Gasteiger partial charge in [0.2, 0.25) is 5.91 Å². The van der Waals surface area contributed by atoms with Crippen LogP contribution >= 0.6 is 11.3 Å². The Hall–Kier alpha value is -1.68. The number of rotatable bonds is 3. The minimum absolute atomic E-state index is 0.219. The maximum atomic E-state index is 10.9. The molecule has 0 saturated heterocycles. The van der Waals surface area contributed by atoms with Gasteiger partial charge in [-0.1, -0.05) is 12.1 Å². The third kappa shape index (κ3) is 2.59. The van der Waals surface area contributed by atoms with Crippen molar-refractivity contribution in [1.82, 2.24) is 4.98 Å². The molecule has 0 bridgehead atoms. The molecule has 0 radical (unpaired) electrons. The fourth-order valence-electron chi connectivity index (χ4n) is 1.83. The Labute approximate surface area is 111 Å². The van der Waals surface area contributed by atoms with Crippen molar-refractivity contribution in [3.63, 3.8) is 0 Å². The summed E-state index contributed by atoms with van der Waals surface area (Å²) in [4.78, 5) is 16.5. The lowest BCUT2D eigenvalue weighted by Crippen LogP contribution is -2.13. The summed E-state index contributed by atoms with van der Waals surface area (Å²) in [6, 6.07) is 6.29. The van der Waals surface area contributed by atoms with Gasteiger partial charge in [-0.15, -0.1) is 11.3 Å². The van der Waals surface area contributed by atoms with Crippen LogP contribution in [0.2, 0.25) is 0 Å². The van der Waals surface area contributed by atoms with Crippen LogP contribution in [0.4, 0.5) is 0 Å². The highest BCUT2D eigenvalue weighted by Crippen LogP contribution is 2.28. The van der Waals surface area contributed by atoms with E-state index in [1.165, 1.54) is 22.5 Å². The van der Waals surface area contributed by atoms with E-state index in [0.717, 1.165) is 21.1 Å². The number of aromatic nitrogens is 1. The first-order chi connectivity index (χ1) is 8.47. The molecule has 0 aliphatic carbocycles. The first kappa shape index (κ1) is 12.8. The molecule has 0 unspecified atom stereocenters. The van der Waals surface area contributed by atoms with Crippen molar-refractivity contribution in [3.05, 3.63) is 39.2 Å². The van der Waals surface area contributed by atoms with Crippen LogP contribution in [-0.4, -0.2) is 10.9 Å². The highest BCUT2D eigenvalue weighted by molar-refractivity contribution is 7.12. The molecule has 1 aromatic heterocycles. The molecular weight excluding hydrogens is 244 g/mol. The van der Waals surface area contributed by atoms with Crippen LogP contribution < -0.4 is 5.73 Å². The second-order valence-corrected chi connectivity index (χ2v) is 5.74. The Kier molecular flexibility index (Phi) is 3.48. The van der Waals surface area contributed by atoms with Crippen LogP contribution in [0.25, 0.3) is 11.3 Å². The molecule has 94 valence electrons. The van der Waals surface area contributed by atoms with Gasteiger partial charge in [-0.3, -0.25) is 4.79 Å². The van der Waals surface area contributed by atoms with Gasteiger partial charge in [-0.25, -0.2) is 4.98 Å². The molecule has 1 amide bonds. The van der Waals surface area contributed by atoms with Gasteiger partial charge >= 0.3 is 0 Å². The predicted molar refractivity (Wildman–Crippen MR) is 74.7 cm³/mol. The Balaban J connectivity index is 2.41. The van der Waals surface area contributed by atoms with Crippen LogP contribution in [0.3, 0.4) is 0 Å². The van der Waals surface area contributed by atoms with Crippen molar-refractivity contribution in [3.8, 4) is 11.3 Å². The van der Waals surface area contributed by atoms with Crippen molar-refractivity contribution in [1.29, 1.82) is 0 Å². The van der Waals surface area contributed by atoms with Crippen LogP contribution in [-0.2, 0) is 11.2 Å². The maximum absolute atomic E-state index is 10.9. The van der Waals surface area contributed by atoms with E-state index >= 15 is 0 Å². The smallest absolute Gasteiger partial charge is 0.224 e. The normalized spacial score (nSPS) is 10.6. The second kappa shape index (κ2) is 4.90. The lowest BCUT2D eigenvalue weighted by molar-refractivity contribution is -0.117. The van der Waals surface area contributed by atoms with E-state index < -0.39 is 0 Å². The number of aryl methyl sites for hydroxylation is 3. The molecule has 0 fully saturated rings. The first-order valence-corrected chi connectivity index (χ1v) is 6.61. The lowest BCUT2D eigenvalue weighted by Gasteiger charge is -2.03. The molecule has 2 aromatic rings. The average Bonchev–Trinajstić information content (AvgIpc) is 2.62. The average molecular weight is 260 g/mol. The minimum Gasteiger partial charge on any atom is -0.369 e. The van der Waals surface area contributed by atoms with E-state index in [-0.39, 0.29) is 12.3 Å². The molecule has 2 rings (SSSR count). The van der Waals surface area contributed by atoms with Gasteiger partial charge in [0, 0.05) is 10.4 Å². The molecule has 0 aliphatic rings. The predicted octanol–water partition coefficient (Wildman–Crippen LogP) is 2.76. The summed E-state index contributed by atoms with van der Waals surface area (Å²) in [7, 11) is 0.